The fourth-order valence-electron chi connectivity index (χ4n) is 2.60. The van der Waals surface area contributed by atoms with Gasteiger partial charge in [0, 0.05) is 35.5 Å². The van der Waals surface area contributed by atoms with Crippen LogP contribution < -0.4 is 0 Å². The molecule has 132 valence electrons. The van der Waals surface area contributed by atoms with Gasteiger partial charge in [-0.3, -0.25) is 19.7 Å². The van der Waals surface area contributed by atoms with Gasteiger partial charge in [0.15, 0.2) is 0 Å². The lowest BCUT2D eigenvalue weighted by atomic mass is 9.91. The number of hydrogen-bond donors (Lipinski definition) is 0. The van der Waals surface area contributed by atoms with Crippen LogP contribution in [0.5, 0.6) is 0 Å². The molecule has 0 unspecified atom stereocenters. The first-order chi connectivity index (χ1) is 11.2. The number of rotatable bonds is 4. The number of carbonyl (C=O) groups excluding carboxylic acids is 2. The number of ether oxygens (including phenoxy) is 1. The van der Waals surface area contributed by atoms with Crippen LogP contribution in [0.1, 0.15) is 39.2 Å². The molecule has 1 aliphatic rings. The molecular formula is C16H22N2O5S. The molecule has 1 fully saturated rings. The van der Waals surface area contributed by atoms with Crippen molar-refractivity contribution in [3.8, 4) is 0 Å². The number of carbonyl (C=O) groups is 2. The molecule has 0 radical (unpaired) electrons. The second-order valence-corrected chi connectivity index (χ2v) is 7.86. The first kappa shape index (κ1) is 18.4. The molecule has 0 spiro atoms. The molecule has 7 nitrogen and oxygen atoms in total. The Kier molecular flexibility index (Phi) is 5.58. The van der Waals surface area contributed by atoms with Gasteiger partial charge in [0.1, 0.15) is 6.61 Å². The van der Waals surface area contributed by atoms with Gasteiger partial charge >= 0.3 is 11.0 Å². The van der Waals surface area contributed by atoms with E-state index in [9.17, 15) is 19.7 Å². The van der Waals surface area contributed by atoms with Crippen molar-refractivity contribution in [1.82, 2.24) is 4.90 Å². The highest BCUT2D eigenvalue weighted by atomic mass is 32.1. The molecule has 2 heterocycles. The molecule has 0 atom stereocenters. The van der Waals surface area contributed by atoms with Crippen LogP contribution in [0.25, 0.3) is 0 Å². The summed E-state index contributed by atoms with van der Waals surface area (Å²) in [4.78, 5) is 36.3. The number of piperidine rings is 1. The van der Waals surface area contributed by atoms with Gasteiger partial charge in [-0.25, -0.2) is 0 Å². The minimum Gasteiger partial charge on any atom is -0.461 e. The normalized spacial score (nSPS) is 16.0. The smallest absolute Gasteiger partial charge is 0.324 e. The van der Waals surface area contributed by atoms with E-state index in [2.05, 4.69) is 0 Å². The Hall–Kier alpha value is -1.96. The molecule has 24 heavy (non-hydrogen) atoms. The summed E-state index contributed by atoms with van der Waals surface area (Å²) >= 11 is 1.02. The second kappa shape index (κ2) is 7.29. The van der Waals surface area contributed by atoms with Crippen molar-refractivity contribution in [1.29, 1.82) is 0 Å². The van der Waals surface area contributed by atoms with E-state index in [1.165, 1.54) is 6.07 Å². The third-order valence-electron chi connectivity index (χ3n) is 3.96. The number of esters is 1. The number of nitrogens with zero attached hydrogens (tertiary/aromatic N) is 2. The number of nitro groups is 1. The summed E-state index contributed by atoms with van der Waals surface area (Å²) in [6.07, 6.45) is 1.18. The lowest BCUT2D eigenvalue weighted by Gasteiger charge is -2.34. The van der Waals surface area contributed by atoms with Crippen LogP contribution in [-0.4, -0.2) is 34.8 Å². The van der Waals surface area contributed by atoms with Gasteiger partial charge in [-0.05, 0) is 12.8 Å². The molecule has 1 amide bonds. The minimum absolute atomic E-state index is 0.0371. The molecule has 1 aromatic rings. The molecule has 0 aromatic carbocycles. The average molecular weight is 354 g/mol. The zero-order chi connectivity index (χ0) is 17.9. The highest BCUT2D eigenvalue weighted by Gasteiger charge is 2.33. The number of amides is 1. The number of likely N-dealkylation sites (tertiary alicyclic amines) is 1. The average Bonchev–Trinajstić information content (AvgIpc) is 3.00. The van der Waals surface area contributed by atoms with Crippen LogP contribution in [0.3, 0.4) is 0 Å². The predicted octanol–water partition coefficient (Wildman–Crippen LogP) is 2.98. The van der Waals surface area contributed by atoms with E-state index >= 15 is 0 Å². The Morgan fingerprint density at radius 2 is 2.00 bits per heavy atom. The third-order valence-corrected chi connectivity index (χ3v) is 4.89. The quantitative estimate of drug-likeness (QED) is 0.471. The maximum atomic E-state index is 12.2. The van der Waals surface area contributed by atoms with Crippen molar-refractivity contribution < 1.29 is 19.2 Å². The fraction of sp³-hybridized carbons (Fsp3) is 0.625. The van der Waals surface area contributed by atoms with Crippen LogP contribution in [0, 0.1) is 21.4 Å². The molecule has 1 aliphatic heterocycles. The largest absolute Gasteiger partial charge is 0.461 e. The summed E-state index contributed by atoms with van der Waals surface area (Å²) in [5.41, 5.74) is 0.210. The molecule has 1 saturated heterocycles. The van der Waals surface area contributed by atoms with Crippen molar-refractivity contribution in [3.63, 3.8) is 0 Å². The van der Waals surface area contributed by atoms with E-state index in [-0.39, 0.29) is 29.4 Å². The Balaban J connectivity index is 1.80. The van der Waals surface area contributed by atoms with Crippen molar-refractivity contribution in [2.75, 3.05) is 13.1 Å². The van der Waals surface area contributed by atoms with Crippen molar-refractivity contribution in [2.24, 2.45) is 11.3 Å². The predicted molar refractivity (Wildman–Crippen MR) is 89.5 cm³/mol. The maximum absolute atomic E-state index is 12.2. The monoisotopic (exact) mass is 354 g/mol. The summed E-state index contributed by atoms with van der Waals surface area (Å²) < 4.78 is 5.27. The summed E-state index contributed by atoms with van der Waals surface area (Å²) in [5, 5.41) is 12.3. The molecular weight excluding hydrogens is 332 g/mol. The summed E-state index contributed by atoms with van der Waals surface area (Å²) in [6.45, 7) is 6.81. The molecule has 0 aliphatic carbocycles. The zero-order valence-corrected chi connectivity index (χ0v) is 14.9. The van der Waals surface area contributed by atoms with Gasteiger partial charge < -0.3 is 9.64 Å². The standard InChI is InChI=1S/C16H22N2O5S/c1-16(2,3)15(20)17-6-4-12(5-7-17)14(19)23-9-11-8-13(18(21)22)24-10-11/h8,10,12H,4-7,9H2,1-3H3. The molecule has 0 bridgehead atoms. The Bertz CT molecular complexity index is 627. The van der Waals surface area contributed by atoms with Crippen molar-refractivity contribution >= 4 is 28.2 Å². The van der Waals surface area contributed by atoms with Gasteiger partial charge in [0.25, 0.3) is 0 Å². The molecule has 0 saturated carbocycles. The molecule has 1 aromatic heterocycles. The molecule has 0 N–H and O–H groups in total. The summed E-state index contributed by atoms with van der Waals surface area (Å²) in [5.74, 6) is -0.422. The van der Waals surface area contributed by atoms with Gasteiger partial charge in [-0.15, -0.1) is 0 Å². The van der Waals surface area contributed by atoms with Crippen molar-refractivity contribution in [3.05, 3.63) is 27.1 Å². The SMILES string of the molecule is CC(C)(C)C(=O)N1CCC(C(=O)OCc2csc([N+](=O)[O-])c2)CC1. The number of hydrogen-bond acceptors (Lipinski definition) is 6. The van der Waals surface area contributed by atoms with Crippen LogP contribution in [0.2, 0.25) is 0 Å². The van der Waals surface area contributed by atoms with Crippen LogP contribution in [0.4, 0.5) is 5.00 Å². The van der Waals surface area contributed by atoms with Gasteiger partial charge in [0.05, 0.1) is 10.8 Å². The van der Waals surface area contributed by atoms with Gasteiger partial charge in [-0.1, -0.05) is 32.1 Å². The van der Waals surface area contributed by atoms with E-state index in [1.54, 1.807) is 10.3 Å². The highest BCUT2D eigenvalue weighted by Crippen LogP contribution is 2.26. The zero-order valence-electron chi connectivity index (χ0n) is 14.1. The topological polar surface area (TPSA) is 89.8 Å². The first-order valence-electron chi connectivity index (χ1n) is 7.86. The lowest BCUT2D eigenvalue weighted by Crippen LogP contribution is -2.45. The van der Waals surface area contributed by atoms with E-state index in [4.69, 9.17) is 4.74 Å². The van der Waals surface area contributed by atoms with Gasteiger partial charge in [-0.2, -0.15) is 0 Å². The van der Waals surface area contributed by atoms with E-state index in [1.807, 2.05) is 20.8 Å². The Morgan fingerprint density at radius 3 is 2.50 bits per heavy atom. The van der Waals surface area contributed by atoms with Crippen LogP contribution in [-0.2, 0) is 20.9 Å². The van der Waals surface area contributed by atoms with E-state index < -0.39 is 10.3 Å². The van der Waals surface area contributed by atoms with E-state index in [0.717, 1.165) is 11.3 Å². The maximum Gasteiger partial charge on any atom is 0.324 e. The van der Waals surface area contributed by atoms with Gasteiger partial charge in [0.2, 0.25) is 5.91 Å². The second-order valence-electron chi connectivity index (χ2n) is 6.97. The van der Waals surface area contributed by atoms with Crippen LogP contribution >= 0.6 is 11.3 Å². The van der Waals surface area contributed by atoms with Crippen LogP contribution in [0.15, 0.2) is 11.4 Å². The first-order valence-corrected chi connectivity index (χ1v) is 8.74. The fourth-order valence-corrected chi connectivity index (χ4v) is 3.31. The summed E-state index contributed by atoms with van der Waals surface area (Å²) in [7, 11) is 0. The highest BCUT2D eigenvalue weighted by molar-refractivity contribution is 7.13. The number of thiophene rings is 1. The minimum atomic E-state index is -0.460. The molecule has 8 heteroatoms. The molecule has 2 rings (SSSR count). The van der Waals surface area contributed by atoms with E-state index in [0.29, 0.717) is 31.5 Å². The lowest BCUT2D eigenvalue weighted by molar-refractivity contribution is -0.380. The Morgan fingerprint density at radius 1 is 1.38 bits per heavy atom. The third kappa shape index (κ3) is 4.53. The Labute approximate surface area is 144 Å². The van der Waals surface area contributed by atoms with Crippen molar-refractivity contribution in [2.45, 2.75) is 40.2 Å². The summed E-state index contributed by atoms with van der Waals surface area (Å²) in [6, 6.07) is 1.42.